The molecule has 0 spiro atoms. The van der Waals surface area contributed by atoms with Crippen LogP contribution in [0, 0.1) is 6.92 Å². The molecule has 1 fully saturated rings. The molecule has 2 heterocycles. The molecule has 2 N–H and O–H groups in total. The van der Waals surface area contributed by atoms with Crippen LogP contribution in [0.3, 0.4) is 0 Å². The lowest BCUT2D eigenvalue weighted by atomic mass is 10.3. The van der Waals surface area contributed by atoms with Gasteiger partial charge >= 0.3 is 0 Å². The maximum Gasteiger partial charge on any atom is 0.192 e. The van der Waals surface area contributed by atoms with E-state index in [0.717, 1.165) is 17.3 Å². The van der Waals surface area contributed by atoms with Gasteiger partial charge in [-0.3, -0.25) is 4.68 Å². The summed E-state index contributed by atoms with van der Waals surface area (Å²) in [5.41, 5.74) is 0.978. The molecule has 0 atom stereocenters. The van der Waals surface area contributed by atoms with E-state index in [9.17, 15) is 0 Å². The minimum absolute atomic E-state index is 0.532. The van der Waals surface area contributed by atoms with E-state index in [1.165, 1.54) is 25.7 Å². The van der Waals surface area contributed by atoms with Crippen LogP contribution in [-0.4, -0.2) is 37.0 Å². The van der Waals surface area contributed by atoms with Gasteiger partial charge in [0.05, 0.1) is 24.8 Å². The smallest absolute Gasteiger partial charge is 0.192 e. The Morgan fingerprint density at radius 2 is 2.15 bits per heavy atom. The van der Waals surface area contributed by atoms with E-state index in [2.05, 4.69) is 54.4 Å². The highest BCUT2D eigenvalue weighted by Gasteiger charge is 2.17. The van der Waals surface area contributed by atoms with Gasteiger partial charge in [-0.05, 0) is 25.8 Å². The summed E-state index contributed by atoms with van der Waals surface area (Å²) in [7, 11) is 1.95. The fourth-order valence-corrected chi connectivity index (χ4v) is 3.10. The van der Waals surface area contributed by atoms with Crippen molar-refractivity contribution in [1.29, 1.82) is 0 Å². The second-order valence-corrected chi connectivity index (χ2v) is 6.64. The van der Waals surface area contributed by atoms with Crippen LogP contribution in [0.1, 0.15) is 49.1 Å². The number of aryl methyl sites for hydroxylation is 1. The summed E-state index contributed by atoms with van der Waals surface area (Å²) in [5, 5.41) is 19.4. The topological polar surface area (TPSA) is 84.9 Å². The molecule has 0 saturated heterocycles. The molecule has 2 aromatic rings. The largest absolute Gasteiger partial charge is 0.353 e. The van der Waals surface area contributed by atoms with Crippen LogP contribution in [0.2, 0.25) is 0 Å². The Labute approximate surface area is 154 Å². The molecule has 8 nitrogen and oxygen atoms in total. The van der Waals surface area contributed by atoms with E-state index in [4.69, 9.17) is 0 Å². The van der Waals surface area contributed by atoms with Crippen LogP contribution in [0.5, 0.6) is 0 Å². The highest BCUT2D eigenvalue weighted by molar-refractivity contribution is 5.79. The average molecular weight is 356 g/mol. The molecule has 1 saturated carbocycles. The highest BCUT2D eigenvalue weighted by Crippen LogP contribution is 2.28. The normalized spacial score (nSPS) is 15.4. The summed E-state index contributed by atoms with van der Waals surface area (Å²) >= 11 is 0. The monoisotopic (exact) mass is 356 g/mol. The lowest BCUT2D eigenvalue weighted by molar-refractivity contribution is 0.463. The molecule has 3 rings (SSSR count). The molecule has 26 heavy (non-hydrogen) atoms. The van der Waals surface area contributed by atoms with Gasteiger partial charge in [0.2, 0.25) is 0 Å². The molecule has 1 aliphatic carbocycles. The molecule has 0 radical (unpaired) electrons. The van der Waals surface area contributed by atoms with Crippen molar-refractivity contribution in [2.75, 3.05) is 6.54 Å². The maximum absolute atomic E-state index is 4.69. The summed E-state index contributed by atoms with van der Waals surface area (Å²) in [4.78, 5) is 4.64. The molecule has 0 aromatic carbocycles. The minimum atomic E-state index is 0.532. The number of nitrogens with one attached hydrogen (secondary N) is 2. The molecular formula is C18H28N8. The van der Waals surface area contributed by atoms with E-state index in [1.54, 1.807) is 6.08 Å². The first-order chi connectivity index (χ1) is 12.7. The Morgan fingerprint density at radius 3 is 2.85 bits per heavy atom. The lowest BCUT2D eigenvalue weighted by Gasteiger charge is -2.11. The molecule has 0 aliphatic heterocycles. The van der Waals surface area contributed by atoms with Gasteiger partial charge in [-0.1, -0.05) is 18.9 Å². The first-order valence-electron chi connectivity index (χ1n) is 9.19. The van der Waals surface area contributed by atoms with Crippen LogP contribution in [0.25, 0.3) is 0 Å². The van der Waals surface area contributed by atoms with Gasteiger partial charge in [-0.15, -0.1) is 16.8 Å². The van der Waals surface area contributed by atoms with Crippen molar-refractivity contribution >= 4 is 5.96 Å². The van der Waals surface area contributed by atoms with Crippen molar-refractivity contribution in [3.8, 4) is 0 Å². The minimum Gasteiger partial charge on any atom is -0.353 e. The summed E-state index contributed by atoms with van der Waals surface area (Å²) in [5.74, 6) is 2.46. The van der Waals surface area contributed by atoms with Crippen LogP contribution in [0.15, 0.2) is 29.9 Å². The standard InChI is InChI=1S/C18H28N8/c1-4-10-19-18(21-13-17-23-22-14(2)25(17)3)20-12-15-9-11-26(24-15)16-7-5-6-8-16/h4,9,11,16H,1,5-8,10,12-13H2,2-3H3,(H2,19,20,21). The molecule has 1 aliphatic rings. The van der Waals surface area contributed by atoms with E-state index >= 15 is 0 Å². The SMILES string of the molecule is C=CCNC(=NCc1ccn(C2CCCC2)n1)NCc1nnc(C)n1C. The second kappa shape index (κ2) is 8.64. The molecule has 0 bridgehead atoms. The summed E-state index contributed by atoms with van der Waals surface area (Å²) < 4.78 is 4.06. The van der Waals surface area contributed by atoms with Gasteiger partial charge in [-0.2, -0.15) is 5.10 Å². The van der Waals surface area contributed by atoms with Crippen LogP contribution < -0.4 is 10.6 Å². The van der Waals surface area contributed by atoms with Crippen molar-refractivity contribution in [2.24, 2.45) is 12.0 Å². The Kier molecular flexibility index (Phi) is 6.04. The predicted octanol–water partition coefficient (Wildman–Crippen LogP) is 1.86. The van der Waals surface area contributed by atoms with Gasteiger partial charge < -0.3 is 15.2 Å². The number of hydrogen-bond acceptors (Lipinski definition) is 4. The van der Waals surface area contributed by atoms with Gasteiger partial charge in [0.25, 0.3) is 0 Å². The first-order valence-corrected chi connectivity index (χ1v) is 9.19. The summed E-state index contributed by atoms with van der Waals surface area (Å²) in [6.07, 6.45) is 8.95. The van der Waals surface area contributed by atoms with Gasteiger partial charge in [0.15, 0.2) is 11.8 Å². The number of hydrogen-bond donors (Lipinski definition) is 2. The van der Waals surface area contributed by atoms with Crippen molar-refractivity contribution in [1.82, 2.24) is 35.2 Å². The van der Waals surface area contributed by atoms with E-state index in [-0.39, 0.29) is 0 Å². The molecule has 140 valence electrons. The van der Waals surface area contributed by atoms with Crippen LogP contribution in [0.4, 0.5) is 0 Å². The maximum atomic E-state index is 4.69. The van der Waals surface area contributed by atoms with Crippen molar-refractivity contribution in [2.45, 2.75) is 51.7 Å². The van der Waals surface area contributed by atoms with Gasteiger partial charge in [0, 0.05) is 19.8 Å². The van der Waals surface area contributed by atoms with Crippen molar-refractivity contribution in [3.63, 3.8) is 0 Å². The second-order valence-electron chi connectivity index (χ2n) is 6.64. The number of aliphatic imine (C=N–C) groups is 1. The van der Waals surface area contributed by atoms with Gasteiger partial charge in [-0.25, -0.2) is 4.99 Å². The Bertz CT molecular complexity index is 751. The Morgan fingerprint density at radius 1 is 1.35 bits per heavy atom. The zero-order valence-electron chi connectivity index (χ0n) is 15.6. The van der Waals surface area contributed by atoms with E-state index in [0.29, 0.717) is 31.6 Å². The fourth-order valence-electron chi connectivity index (χ4n) is 3.10. The van der Waals surface area contributed by atoms with E-state index < -0.39 is 0 Å². The third kappa shape index (κ3) is 4.50. The zero-order valence-corrected chi connectivity index (χ0v) is 15.6. The molecule has 2 aromatic heterocycles. The van der Waals surface area contributed by atoms with Crippen LogP contribution >= 0.6 is 0 Å². The third-order valence-corrected chi connectivity index (χ3v) is 4.77. The van der Waals surface area contributed by atoms with Gasteiger partial charge in [0.1, 0.15) is 5.82 Å². The van der Waals surface area contributed by atoms with E-state index in [1.807, 2.05) is 18.5 Å². The summed E-state index contributed by atoms with van der Waals surface area (Å²) in [6.45, 7) is 7.40. The molecule has 8 heteroatoms. The van der Waals surface area contributed by atoms with Crippen LogP contribution in [-0.2, 0) is 20.1 Å². The molecular weight excluding hydrogens is 328 g/mol. The van der Waals surface area contributed by atoms with Crippen molar-refractivity contribution in [3.05, 3.63) is 42.3 Å². The first kappa shape index (κ1) is 18.2. The fraction of sp³-hybridized carbons (Fsp3) is 0.556. The quantitative estimate of drug-likeness (QED) is 0.449. The number of rotatable bonds is 7. The number of guanidine groups is 1. The Balaban J connectivity index is 1.60. The highest BCUT2D eigenvalue weighted by atomic mass is 15.3. The lowest BCUT2D eigenvalue weighted by Crippen LogP contribution is -2.37. The molecule has 0 unspecified atom stereocenters. The number of nitrogens with zero attached hydrogens (tertiary/aromatic N) is 6. The zero-order chi connectivity index (χ0) is 18.4. The third-order valence-electron chi connectivity index (χ3n) is 4.77. The average Bonchev–Trinajstić information content (AvgIpc) is 3.38. The Hall–Kier alpha value is -2.64. The summed E-state index contributed by atoms with van der Waals surface area (Å²) in [6, 6.07) is 2.61. The molecule has 0 amide bonds. The predicted molar refractivity (Wildman–Crippen MR) is 102 cm³/mol. The van der Waals surface area contributed by atoms with Crippen molar-refractivity contribution < 1.29 is 0 Å². The number of aromatic nitrogens is 5.